The van der Waals surface area contributed by atoms with Crippen LogP contribution in [0.5, 0.6) is 6.01 Å². The highest BCUT2D eigenvalue weighted by Crippen LogP contribution is 2.23. The van der Waals surface area contributed by atoms with E-state index in [0.717, 1.165) is 48.0 Å². The molecule has 1 amide bonds. The number of benzene rings is 1. The number of nitrogens with zero attached hydrogens (tertiary/aromatic N) is 2. The molecule has 1 aromatic carbocycles. The van der Waals surface area contributed by atoms with Crippen molar-refractivity contribution in [1.29, 1.82) is 0 Å². The van der Waals surface area contributed by atoms with Crippen LogP contribution in [0.3, 0.4) is 0 Å². The maximum absolute atomic E-state index is 12.6. The van der Waals surface area contributed by atoms with Gasteiger partial charge in [0, 0.05) is 34.5 Å². The van der Waals surface area contributed by atoms with Crippen molar-refractivity contribution in [2.45, 2.75) is 51.7 Å². The fraction of sp³-hybridized carbons (Fsp3) is 0.364. The number of aromatic nitrogens is 3. The Morgan fingerprint density at radius 1 is 1.07 bits per heavy atom. The van der Waals surface area contributed by atoms with Crippen molar-refractivity contribution >= 4 is 22.6 Å². The van der Waals surface area contributed by atoms with Crippen LogP contribution in [-0.4, -0.2) is 38.8 Å². The summed E-state index contributed by atoms with van der Waals surface area (Å²) < 4.78 is 5.92. The van der Waals surface area contributed by atoms with Crippen LogP contribution in [0, 0.1) is 13.8 Å². The molecule has 3 aromatic rings. The number of rotatable bonds is 5. The second-order valence-corrected chi connectivity index (χ2v) is 7.58. The van der Waals surface area contributed by atoms with E-state index in [1.54, 1.807) is 6.20 Å². The number of fused-ring (bicyclic) bond motifs is 1. The van der Waals surface area contributed by atoms with Crippen molar-refractivity contribution in [1.82, 2.24) is 20.3 Å². The minimum atomic E-state index is -0.559. The van der Waals surface area contributed by atoms with Crippen LogP contribution in [0.2, 0.25) is 0 Å². The molecular weight excluding hydrogens is 368 g/mol. The van der Waals surface area contributed by atoms with Crippen molar-refractivity contribution in [3.8, 4) is 6.01 Å². The molecule has 0 unspecified atom stereocenters. The first kappa shape index (κ1) is 19.1. The lowest BCUT2D eigenvalue weighted by Crippen LogP contribution is -2.42. The maximum atomic E-state index is 12.6. The molecule has 4 rings (SSSR count). The molecule has 7 nitrogen and oxygen atoms in total. The largest absolute Gasteiger partial charge is 0.460 e. The van der Waals surface area contributed by atoms with Crippen LogP contribution in [0.25, 0.3) is 10.9 Å². The number of amides is 1. The van der Waals surface area contributed by atoms with Crippen molar-refractivity contribution in [3.63, 3.8) is 0 Å². The molecule has 1 fully saturated rings. The number of carbonyl (C=O) groups is 2. The Kier molecular flexibility index (Phi) is 5.29. The zero-order valence-electron chi connectivity index (χ0n) is 16.6. The third-order valence-corrected chi connectivity index (χ3v) is 5.28. The summed E-state index contributed by atoms with van der Waals surface area (Å²) in [5, 5.41) is 3.65. The Balaban J connectivity index is 1.32. The summed E-state index contributed by atoms with van der Waals surface area (Å²) in [6, 6.07) is 9.74. The Labute approximate surface area is 168 Å². The number of Topliss-reactive ketones (excluding diaryl/α,β-unsaturated/α-hetero) is 1. The lowest BCUT2D eigenvalue weighted by atomic mass is 9.92. The van der Waals surface area contributed by atoms with E-state index in [4.69, 9.17) is 4.74 Å². The zero-order chi connectivity index (χ0) is 20.4. The Morgan fingerprint density at radius 3 is 2.48 bits per heavy atom. The number of para-hydroxylation sites is 1. The van der Waals surface area contributed by atoms with E-state index < -0.39 is 11.7 Å². The quantitative estimate of drug-likeness (QED) is 0.513. The third-order valence-electron chi connectivity index (χ3n) is 5.28. The Hall–Kier alpha value is -3.22. The minimum absolute atomic E-state index is 0.0219. The van der Waals surface area contributed by atoms with E-state index >= 15 is 0 Å². The highest BCUT2D eigenvalue weighted by Gasteiger charge is 2.27. The molecule has 29 heavy (non-hydrogen) atoms. The molecule has 0 saturated heterocycles. The van der Waals surface area contributed by atoms with Gasteiger partial charge < -0.3 is 15.0 Å². The third kappa shape index (κ3) is 4.29. The summed E-state index contributed by atoms with van der Waals surface area (Å²) in [4.78, 5) is 36.7. The van der Waals surface area contributed by atoms with Gasteiger partial charge in [0.15, 0.2) is 0 Å². The van der Waals surface area contributed by atoms with E-state index in [1.807, 2.05) is 44.2 Å². The molecule has 0 radical (unpaired) electrons. The predicted molar refractivity (Wildman–Crippen MR) is 109 cm³/mol. The normalized spacial score (nSPS) is 19.1. The summed E-state index contributed by atoms with van der Waals surface area (Å²) in [7, 11) is 0. The van der Waals surface area contributed by atoms with Gasteiger partial charge in [0.2, 0.25) is 0 Å². The lowest BCUT2D eigenvalue weighted by molar-refractivity contribution is -0.118. The first-order valence-electron chi connectivity index (χ1n) is 9.90. The molecule has 2 aromatic heterocycles. The average molecular weight is 392 g/mol. The Bertz CT molecular complexity index is 1030. The Morgan fingerprint density at radius 2 is 1.76 bits per heavy atom. The van der Waals surface area contributed by atoms with E-state index in [1.165, 1.54) is 0 Å². The minimum Gasteiger partial charge on any atom is -0.460 e. The summed E-state index contributed by atoms with van der Waals surface area (Å²) >= 11 is 0. The van der Waals surface area contributed by atoms with Crippen molar-refractivity contribution < 1.29 is 14.3 Å². The van der Waals surface area contributed by atoms with Crippen LogP contribution >= 0.6 is 0 Å². The van der Waals surface area contributed by atoms with E-state index in [2.05, 4.69) is 20.3 Å². The number of hydrogen-bond acceptors (Lipinski definition) is 5. The highest BCUT2D eigenvalue weighted by atomic mass is 16.5. The van der Waals surface area contributed by atoms with Gasteiger partial charge in [-0.05, 0) is 51.7 Å². The number of carbonyl (C=O) groups excluding carboxylic acids is 2. The van der Waals surface area contributed by atoms with Gasteiger partial charge >= 0.3 is 6.01 Å². The molecule has 1 aliphatic rings. The van der Waals surface area contributed by atoms with Gasteiger partial charge in [-0.2, -0.15) is 0 Å². The second-order valence-electron chi connectivity index (χ2n) is 7.58. The van der Waals surface area contributed by atoms with Gasteiger partial charge in [0.05, 0.1) is 5.56 Å². The fourth-order valence-corrected chi connectivity index (χ4v) is 3.85. The maximum Gasteiger partial charge on any atom is 0.317 e. The van der Waals surface area contributed by atoms with Crippen LogP contribution in [0.1, 0.15) is 47.4 Å². The number of H-pyrrole nitrogens is 1. The summed E-state index contributed by atoms with van der Waals surface area (Å²) in [5.74, 6) is -1.07. The van der Waals surface area contributed by atoms with Gasteiger partial charge in [-0.3, -0.25) is 9.59 Å². The average Bonchev–Trinajstić information content (AvgIpc) is 3.12. The lowest BCUT2D eigenvalue weighted by Gasteiger charge is -2.28. The van der Waals surface area contributed by atoms with E-state index in [9.17, 15) is 9.59 Å². The van der Waals surface area contributed by atoms with Crippen LogP contribution in [0.15, 0.2) is 36.5 Å². The predicted octanol–water partition coefficient (Wildman–Crippen LogP) is 3.26. The number of ether oxygens (including phenoxy) is 1. The highest BCUT2D eigenvalue weighted by molar-refractivity contribution is 6.45. The standard InChI is InChI=1S/C22H24N4O3/c1-13-11-14(2)25-22(24-13)29-16-9-7-15(8-10-16)26-21(28)20(27)18-12-23-19-6-4-3-5-17(18)19/h3-6,11-12,15-16,23H,7-10H2,1-2H3,(H,26,28). The number of ketones is 1. The molecule has 2 heterocycles. The summed E-state index contributed by atoms with van der Waals surface area (Å²) in [5.41, 5.74) is 3.01. The molecule has 0 atom stereocenters. The topological polar surface area (TPSA) is 97.0 Å². The molecule has 0 aliphatic heterocycles. The van der Waals surface area contributed by atoms with Crippen LogP contribution in [0.4, 0.5) is 0 Å². The molecule has 150 valence electrons. The molecular formula is C22H24N4O3. The van der Waals surface area contributed by atoms with E-state index in [-0.39, 0.29) is 12.1 Å². The van der Waals surface area contributed by atoms with Crippen molar-refractivity contribution in [2.24, 2.45) is 0 Å². The molecule has 1 saturated carbocycles. The number of nitrogens with one attached hydrogen (secondary N) is 2. The van der Waals surface area contributed by atoms with Crippen molar-refractivity contribution in [2.75, 3.05) is 0 Å². The van der Waals surface area contributed by atoms with Crippen LogP contribution in [-0.2, 0) is 4.79 Å². The van der Waals surface area contributed by atoms with Gasteiger partial charge in [0.25, 0.3) is 11.7 Å². The first-order valence-corrected chi connectivity index (χ1v) is 9.90. The number of hydrogen-bond donors (Lipinski definition) is 2. The number of aromatic amines is 1. The SMILES string of the molecule is Cc1cc(C)nc(OC2CCC(NC(=O)C(=O)c3c[nH]c4ccccc34)CC2)n1. The van der Waals surface area contributed by atoms with E-state index in [0.29, 0.717) is 11.6 Å². The molecule has 0 bridgehead atoms. The van der Waals surface area contributed by atoms with Gasteiger partial charge in [-0.15, -0.1) is 0 Å². The van der Waals surface area contributed by atoms with Crippen molar-refractivity contribution in [3.05, 3.63) is 53.5 Å². The molecule has 2 N–H and O–H groups in total. The monoisotopic (exact) mass is 392 g/mol. The van der Waals surface area contributed by atoms with Gasteiger partial charge in [-0.1, -0.05) is 18.2 Å². The van der Waals surface area contributed by atoms with Gasteiger partial charge in [0.1, 0.15) is 6.10 Å². The fourth-order valence-electron chi connectivity index (χ4n) is 3.85. The van der Waals surface area contributed by atoms with Crippen LogP contribution < -0.4 is 10.1 Å². The first-order chi connectivity index (χ1) is 14.0. The zero-order valence-corrected chi connectivity index (χ0v) is 16.6. The second kappa shape index (κ2) is 8.03. The number of aryl methyl sites for hydroxylation is 2. The molecule has 7 heteroatoms. The summed E-state index contributed by atoms with van der Waals surface area (Å²) in [6.45, 7) is 3.83. The van der Waals surface area contributed by atoms with Gasteiger partial charge in [-0.25, -0.2) is 9.97 Å². The molecule has 0 spiro atoms. The summed E-state index contributed by atoms with van der Waals surface area (Å²) in [6.07, 6.45) is 4.69. The molecule has 1 aliphatic carbocycles. The smallest absolute Gasteiger partial charge is 0.317 e.